The van der Waals surface area contributed by atoms with E-state index in [0.717, 1.165) is 37.3 Å². The summed E-state index contributed by atoms with van der Waals surface area (Å²) in [5.41, 5.74) is 1.52. The number of urea groups is 1. The van der Waals surface area contributed by atoms with Gasteiger partial charge in [0.1, 0.15) is 0 Å². The van der Waals surface area contributed by atoms with Gasteiger partial charge in [-0.3, -0.25) is 0 Å². The molecule has 1 unspecified atom stereocenters. The van der Waals surface area contributed by atoms with E-state index in [2.05, 4.69) is 29.5 Å². The molecule has 1 fully saturated rings. The maximum absolute atomic E-state index is 12.8. The van der Waals surface area contributed by atoms with Crippen LogP contribution in [0, 0.1) is 5.92 Å². The summed E-state index contributed by atoms with van der Waals surface area (Å²) < 4.78 is 5.40. The molecule has 7 nitrogen and oxygen atoms in total. The van der Waals surface area contributed by atoms with Crippen LogP contribution in [0.2, 0.25) is 0 Å². The Morgan fingerprint density at radius 2 is 2.00 bits per heavy atom. The third-order valence-electron chi connectivity index (χ3n) is 5.66. The molecule has 0 aliphatic carbocycles. The number of nitrogens with one attached hydrogen (secondary N) is 2. The summed E-state index contributed by atoms with van der Waals surface area (Å²) >= 11 is 0. The fraction of sp³-hybridized carbons (Fsp3) is 0.737. The van der Waals surface area contributed by atoms with E-state index in [9.17, 15) is 4.79 Å². The molecule has 0 bridgehead atoms. The van der Waals surface area contributed by atoms with Crippen LogP contribution in [0.25, 0.3) is 0 Å². The third-order valence-corrected chi connectivity index (χ3v) is 5.66. The van der Waals surface area contributed by atoms with Gasteiger partial charge in [0.2, 0.25) is 5.95 Å². The maximum atomic E-state index is 12.8. The molecule has 3 heterocycles. The number of fused-ring (bicyclic) bond motifs is 1. The molecule has 0 radical (unpaired) electrons. The molecular weight excluding hydrogens is 330 g/mol. The Kier molecular flexibility index (Phi) is 5.37. The molecule has 0 spiro atoms. The van der Waals surface area contributed by atoms with Gasteiger partial charge in [-0.1, -0.05) is 13.8 Å². The number of rotatable bonds is 4. The maximum Gasteiger partial charge on any atom is 0.318 e. The van der Waals surface area contributed by atoms with Crippen molar-refractivity contribution in [1.29, 1.82) is 0 Å². The second-order valence-electron chi connectivity index (χ2n) is 8.21. The van der Waals surface area contributed by atoms with Crippen molar-refractivity contribution in [3.05, 3.63) is 17.5 Å². The summed E-state index contributed by atoms with van der Waals surface area (Å²) in [6.07, 6.45) is 3.80. The highest BCUT2D eigenvalue weighted by atomic mass is 16.5. The van der Waals surface area contributed by atoms with Crippen LogP contribution in [-0.2, 0) is 16.8 Å². The second-order valence-corrected chi connectivity index (χ2v) is 8.21. The van der Waals surface area contributed by atoms with Crippen LogP contribution in [0.15, 0.2) is 6.20 Å². The van der Waals surface area contributed by atoms with Crippen molar-refractivity contribution in [2.75, 3.05) is 18.5 Å². The lowest BCUT2D eigenvalue weighted by atomic mass is 9.97. The number of hydrogen-bond acceptors (Lipinski definition) is 5. The molecule has 3 rings (SSSR count). The highest BCUT2D eigenvalue weighted by molar-refractivity contribution is 5.76. The van der Waals surface area contributed by atoms with E-state index >= 15 is 0 Å². The lowest BCUT2D eigenvalue weighted by molar-refractivity contribution is 0.0903. The van der Waals surface area contributed by atoms with Crippen molar-refractivity contribution in [1.82, 2.24) is 20.2 Å². The zero-order valence-corrected chi connectivity index (χ0v) is 16.5. The molecule has 1 aromatic heterocycles. The van der Waals surface area contributed by atoms with E-state index in [1.165, 1.54) is 0 Å². The lowest BCUT2D eigenvalue weighted by Crippen LogP contribution is -2.49. The van der Waals surface area contributed by atoms with Crippen molar-refractivity contribution in [3.63, 3.8) is 0 Å². The summed E-state index contributed by atoms with van der Waals surface area (Å²) in [6, 6.07) is 0.425. The van der Waals surface area contributed by atoms with Crippen molar-refractivity contribution in [2.45, 2.75) is 71.6 Å². The number of hydrogen-bond donors (Lipinski definition) is 2. The number of carbonyl (C=O) groups excluding carboxylic acids is 1. The van der Waals surface area contributed by atoms with E-state index < -0.39 is 5.54 Å². The highest BCUT2D eigenvalue weighted by Crippen LogP contribution is 2.37. The van der Waals surface area contributed by atoms with Gasteiger partial charge in [0.25, 0.3) is 0 Å². The average Bonchev–Trinajstić information content (AvgIpc) is 2.86. The van der Waals surface area contributed by atoms with Crippen LogP contribution in [0.5, 0.6) is 0 Å². The summed E-state index contributed by atoms with van der Waals surface area (Å²) in [4.78, 5) is 23.8. The molecule has 1 saturated heterocycles. The van der Waals surface area contributed by atoms with Crippen LogP contribution < -0.4 is 10.6 Å². The summed E-state index contributed by atoms with van der Waals surface area (Å²) in [5, 5.41) is 6.51. The minimum absolute atomic E-state index is 0.0480. The van der Waals surface area contributed by atoms with Crippen LogP contribution in [0.3, 0.4) is 0 Å². The minimum Gasteiger partial charge on any atom is -0.381 e. The summed E-state index contributed by atoms with van der Waals surface area (Å²) in [5.74, 6) is 1.03. The Morgan fingerprint density at radius 1 is 1.31 bits per heavy atom. The first kappa shape index (κ1) is 18.9. The summed E-state index contributed by atoms with van der Waals surface area (Å²) in [7, 11) is 0. The number of ether oxygens (including phenoxy) is 1. The van der Waals surface area contributed by atoms with Crippen LogP contribution in [0.1, 0.15) is 58.7 Å². The van der Waals surface area contributed by atoms with Crippen LogP contribution in [-0.4, -0.2) is 46.2 Å². The molecule has 1 atom stereocenters. The molecule has 0 saturated carbocycles. The topological polar surface area (TPSA) is 79.4 Å². The Morgan fingerprint density at radius 3 is 2.65 bits per heavy atom. The quantitative estimate of drug-likeness (QED) is 0.862. The molecule has 1 aromatic rings. The van der Waals surface area contributed by atoms with Crippen molar-refractivity contribution >= 4 is 12.0 Å². The smallest absolute Gasteiger partial charge is 0.318 e. The van der Waals surface area contributed by atoms with Crippen LogP contribution >= 0.6 is 0 Å². The monoisotopic (exact) mass is 361 g/mol. The Bertz CT molecular complexity index is 655. The Balaban J connectivity index is 1.73. The molecule has 2 amide bonds. The number of aromatic nitrogens is 2. The molecule has 7 heteroatoms. The van der Waals surface area contributed by atoms with Gasteiger partial charge in [-0.25, -0.2) is 14.8 Å². The van der Waals surface area contributed by atoms with Gasteiger partial charge in [-0.15, -0.1) is 0 Å². The Labute approximate surface area is 155 Å². The predicted octanol–water partition coefficient (Wildman–Crippen LogP) is 2.87. The number of carbonyl (C=O) groups is 1. The number of amides is 2. The predicted molar refractivity (Wildman–Crippen MR) is 101 cm³/mol. The largest absolute Gasteiger partial charge is 0.381 e. The molecule has 144 valence electrons. The SMILES string of the molecule is CC(C)C(C)NC(=O)N1Cc2nc(NC3CCOCC3)ncc2C1(C)C. The van der Waals surface area contributed by atoms with Crippen molar-refractivity contribution in [2.24, 2.45) is 5.92 Å². The fourth-order valence-electron chi connectivity index (χ4n) is 3.40. The molecule has 0 aromatic carbocycles. The lowest BCUT2D eigenvalue weighted by Gasteiger charge is -2.33. The minimum atomic E-state index is -0.423. The van der Waals surface area contributed by atoms with Gasteiger partial charge in [-0.05, 0) is 39.5 Å². The molecule has 2 N–H and O–H groups in total. The summed E-state index contributed by atoms with van der Waals surface area (Å²) in [6.45, 7) is 12.4. The highest BCUT2D eigenvalue weighted by Gasteiger charge is 2.42. The first-order valence-electron chi connectivity index (χ1n) is 9.58. The van der Waals surface area contributed by atoms with E-state index in [1.807, 2.05) is 31.9 Å². The van der Waals surface area contributed by atoms with Gasteiger partial charge in [0.15, 0.2) is 0 Å². The second kappa shape index (κ2) is 7.39. The number of nitrogens with zero attached hydrogens (tertiary/aromatic N) is 3. The first-order valence-corrected chi connectivity index (χ1v) is 9.58. The van der Waals surface area contributed by atoms with Crippen molar-refractivity contribution in [3.8, 4) is 0 Å². The normalized spacial score (nSPS) is 20.8. The van der Waals surface area contributed by atoms with Gasteiger partial charge < -0.3 is 20.3 Å². The van der Waals surface area contributed by atoms with E-state index in [0.29, 0.717) is 24.5 Å². The average molecular weight is 361 g/mol. The molecular formula is C19H31N5O2. The van der Waals surface area contributed by atoms with Gasteiger partial charge in [0.05, 0.1) is 17.8 Å². The van der Waals surface area contributed by atoms with E-state index in [-0.39, 0.29) is 12.1 Å². The van der Waals surface area contributed by atoms with E-state index in [1.54, 1.807) is 0 Å². The van der Waals surface area contributed by atoms with Gasteiger partial charge in [0, 0.05) is 37.1 Å². The van der Waals surface area contributed by atoms with Gasteiger partial charge >= 0.3 is 6.03 Å². The van der Waals surface area contributed by atoms with Crippen molar-refractivity contribution < 1.29 is 9.53 Å². The number of anilines is 1. The molecule has 2 aliphatic heterocycles. The third kappa shape index (κ3) is 3.77. The molecule has 26 heavy (non-hydrogen) atoms. The fourth-order valence-corrected chi connectivity index (χ4v) is 3.40. The van der Waals surface area contributed by atoms with Gasteiger partial charge in [-0.2, -0.15) is 0 Å². The zero-order valence-electron chi connectivity index (χ0n) is 16.5. The Hall–Kier alpha value is -1.89. The van der Waals surface area contributed by atoms with E-state index in [4.69, 9.17) is 9.72 Å². The first-order chi connectivity index (χ1) is 12.3. The standard InChI is InChI=1S/C19H31N5O2/c1-12(2)13(3)21-18(25)24-11-16-15(19(24,4)5)10-20-17(23-16)22-14-6-8-26-9-7-14/h10,12-14H,6-9,11H2,1-5H3,(H,21,25)(H,20,22,23). The van der Waals surface area contributed by atoms with Crippen LogP contribution in [0.4, 0.5) is 10.7 Å². The zero-order chi connectivity index (χ0) is 18.9. The molecule has 2 aliphatic rings.